The van der Waals surface area contributed by atoms with Crippen LogP contribution in [0.5, 0.6) is 0 Å². The fourth-order valence-electron chi connectivity index (χ4n) is 3.31. The highest BCUT2D eigenvalue weighted by atomic mass is 35.5. The summed E-state index contributed by atoms with van der Waals surface area (Å²) in [5, 5.41) is 16.3. The van der Waals surface area contributed by atoms with Gasteiger partial charge in [-0.05, 0) is 18.9 Å². The molecule has 2 unspecified atom stereocenters. The van der Waals surface area contributed by atoms with E-state index in [1.165, 1.54) is 16.9 Å². The lowest BCUT2D eigenvalue weighted by Gasteiger charge is -2.27. The van der Waals surface area contributed by atoms with E-state index in [0.29, 0.717) is 18.4 Å². The van der Waals surface area contributed by atoms with Crippen molar-refractivity contribution in [2.24, 2.45) is 11.8 Å². The van der Waals surface area contributed by atoms with E-state index in [0.717, 1.165) is 12.8 Å². The maximum absolute atomic E-state index is 13.8. The SMILES string of the molecule is O=C(O)C1CCCCC1C(=O)Nc1nn(Cc2ccccc2F)cc1Cl. The summed E-state index contributed by atoms with van der Waals surface area (Å²) in [6.07, 6.45) is 4.13. The van der Waals surface area contributed by atoms with Gasteiger partial charge in [0.05, 0.1) is 18.4 Å². The molecular formula is C18H19ClFN3O3. The van der Waals surface area contributed by atoms with Crippen LogP contribution in [-0.2, 0) is 16.1 Å². The molecule has 2 atom stereocenters. The van der Waals surface area contributed by atoms with Crippen molar-refractivity contribution < 1.29 is 19.1 Å². The van der Waals surface area contributed by atoms with Gasteiger partial charge in [0.15, 0.2) is 5.82 Å². The summed E-state index contributed by atoms with van der Waals surface area (Å²) < 4.78 is 15.2. The average molecular weight is 380 g/mol. The predicted molar refractivity (Wildman–Crippen MR) is 94.5 cm³/mol. The molecule has 138 valence electrons. The Hall–Kier alpha value is -2.41. The Bertz CT molecular complexity index is 824. The molecule has 8 heteroatoms. The number of carboxylic acid groups (broad SMARTS) is 1. The lowest BCUT2D eigenvalue weighted by Crippen LogP contribution is -2.36. The summed E-state index contributed by atoms with van der Waals surface area (Å²) in [6.45, 7) is 0.170. The molecule has 1 heterocycles. The number of rotatable bonds is 5. The van der Waals surface area contributed by atoms with E-state index in [1.54, 1.807) is 18.2 Å². The molecule has 6 nitrogen and oxygen atoms in total. The number of anilines is 1. The number of hydrogen-bond donors (Lipinski definition) is 2. The minimum absolute atomic E-state index is 0.155. The number of nitrogens with zero attached hydrogens (tertiary/aromatic N) is 2. The van der Waals surface area contributed by atoms with Crippen LogP contribution < -0.4 is 5.32 Å². The van der Waals surface area contributed by atoms with Crippen LogP contribution in [0.1, 0.15) is 31.2 Å². The van der Waals surface area contributed by atoms with Crippen LogP contribution in [0.15, 0.2) is 30.5 Å². The molecule has 1 aromatic carbocycles. The van der Waals surface area contributed by atoms with Crippen molar-refractivity contribution >= 4 is 29.3 Å². The molecule has 2 N–H and O–H groups in total. The zero-order chi connectivity index (χ0) is 18.7. The summed E-state index contributed by atoms with van der Waals surface area (Å²) in [6, 6.07) is 6.33. The lowest BCUT2D eigenvalue weighted by atomic mass is 9.79. The zero-order valence-electron chi connectivity index (χ0n) is 14.0. The molecule has 0 radical (unpaired) electrons. The Morgan fingerprint density at radius 2 is 1.96 bits per heavy atom. The summed E-state index contributed by atoms with van der Waals surface area (Å²) in [7, 11) is 0. The van der Waals surface area contributed by atoms with Crippen LogP contribution in [0.2, 0.25) is 5.02 Å². The van der Waals surface area contributed by atoms with E-state index in [1.807, 2.05) is 0 Å². The number of amides is 1. The third-order valence-corrected chi connectivity index (χ3v) is 4.95. The quantitative estimate of drug-likeness (QED) is 0.832. The van der Waals surface area contributed by atoms with Crippen molar-refractivity contribution in [3.05, 3.63) is 46.9 Å². The Labute approximate surface area is 155 Å². The van der Waals surface area contributed by atoms with Crippen molar-refractivity contribution in [3.63, 3.8) is 0 Å². The number of carboxylic acids is 1. The zero-order valence-corrected chi connectivity index (χ0v) is 14.7. The first-order valence-electron chi connectivity index (χ1n) is 8.45. The predicted octanol–water partition coefficient (Wildman–Crippen LogP) is 3.55. The number of aromatic nitrogens is 2. The highest BCUT2D eigenvalue weighted by Crippen LogP contribution is 2.32. The summed E-state index contributed by atoms with van der Waals surface area (Å²) in [4.78, 5) is 23.9. The van der Waals surface area contributed by atoms with E-state index in [2.05, 4.69) is 10.4 Å². The van der Waals surface area contributed by atoms with E-state index in [4.69, 9.17) is 11.6 Å². The normalized spacial score (nSPS) is 19.9. The number of carbonyl (C=O) groups is 2. The van der Waals surface area contributed by atoms with Crippen molar-refractivity contribution in [1.29, 1.82) is 0 Å². The fraction of sp³-hybridized carbons (Fsp3) is 0.389. The van der Waals surface area contributed by atoms with Gasteiger partial charge in [-0.1, -0.05) is 42.6 Å². The molecule has 1 aromatic heterocycles. The van der Waals surface area contributed by atoms with Crippen molar-refractivity contribution in [3.8, 4) is 0 Å². The van der Waals surface area contributed by atoms with Gasteiger partial charge in [-0.15, -0.1) is 0 Å². The molecule has 1 saturated carbocycles. The van der Waals surface area contributed by atoms with Crippen LogP contribution in [0.25, 0.3) is 0 Å². The van der Waals surface area contributed by atoms with Gasteiger partial charge in [-0.2, -0.15) is 5.10 Å². The number of halogens is 2. The molecule has 0 saturated heterocycles. The third-order valence-electron chi connectivity index (χ3n) is 4.67. The van der Waals surface area contributed by atoms with E-state index in [9.17, 15) is 19.1 Å². The second-order valence-corrected chi connectivity index (χ2v) is 6.85. The Kier molecular flexibility index (Phi) is 5.56. The molecule has 0 bridgehead atoms. The van der Waals surface area contributed by atoms with Crippen molar-refractivity contribution in [2.75, 3.05) is 5.32 Å². The largest absolute Gasteiger partial charge is 0.481 e. The first kappa shape index (κ1) is 18.4. The molecule has 0 aliphatic heterocycles. The van der Waals surface area contributed by atoms with E-state index < -0.39 is 23.7 Å². The van der Waals surface area contributed by atoms with Gasteiger partial charge in [0.2, 0.25) is 5.91 Å². The van der Waals surface area contributed by atoms with Gasteiger partial charge in [-0.25, -0.2) is 4.39 Å². The van der Waals surface area contributed by atoms with Crippen LogP contribution >= 0.6 is 11.6 Å². The topological polar surface area (TPSA) is 84.2 Å². The summed E-state index contributed by atoms with van der Waals surface area (Å²) >= 11 is 6.12. The first-order valence-corrected chi connectivity index (χ1v) is 8.83. The Balaban J connectivity index is 1.72. The van der Waals surface area contributed by atoms with Crippen molar-refractivity contribution in [2.45, 2.75) is 32.2 Å². The maximum atomic E-state index is 13.8. The highest BCUT2D eigenvalue weighted by Gasteiger charge is 2.36. The van der Waals surface area contributed by atoms with Crippen LogP contribution in [-0.4, -0.2) is 26.8 Å². The maximum Gasteiger partial charge on any atom is 0.307 e. The number of carbonyl (C=O) groups excluding carboxylic acids is 1. The molecule has 26 heavy (non-hydrogen) atoms. The standard InChI is InChI=1S/C18H19ClFN3O3/c19-14-10-23(9-11-5-1-4-8-15(11)20)22-16(14)21-17(24)12-6-2-3-7-13(12)18(25)26/h1,4-5,8,10,12-13H,2-3,6-7,9H2,(H,25,26)(H,21,22,24). The smallest absolute Gasteiger partial charge is 0.307 e. The Morgan fingerprint density at radius 3 is 2.65 bits per heavy atom. The highest BCUT2D eigenvalue weighted by molar-refractivity contribution is 6.33. The number of benzene rings is 1. The minimum Gasteiger partial charge on any atom is -0.481 e. The molecule has 1 aliphatic carbocycles. The van der Waals surface area contributed by atoms with Crippen LogP contribution in [0, 0.1) is 17.7 Å². The van der Waals surface area contributed by atoms with E-state index >= 15 is 0 Å². The van der Waals surface area contributed by atoms with Gasteiger partial charge in [0.25, 0.3) is 0 Å². The van der Waals surface area contributed by atoms with Gasteiger partial charge in [0.1, 0.15) is 10.8 Å². The summed E-state index contributed by atoms with van der Waals surface area (Å²) in [5.41, 5.74) is 0.447. The van der Waals surface area contributed by atoms with Crippen LogP contribution in [0.4, 0.5) is 10.2 Å². The first-order chi connectivity index (χ1) is 12.5. The molecule has 3 rings (SSSR count). The second-order valence-electron chi connectivity index (χ2n) is 6.44. The second kappa shape index (κ2) is 7.86. The number of aliphatic carboxylic acids is 1. The molecule has 1 aliphatic rings. The average Bonchev–Trinajstić information content (AvgIpc) is 2.96. The third kappa shape index (κ3) is 4.04. The van der Waals surface area contributed by atoms with E-state index in [-0.39, 0.29) is 23.2 Å². The van der Waals surface area contributed by atoms with Gasteiger partial charge in [-0.3, -0.25) is 14.3 Å². The van der Waals surface area contributed by atoms with Crippen molar-refractivity contribution in [1.82, 2.24) is 9.78 Å². The number of hydrogen-bond acceptors (Lipinski definition) is 3. The van der Waals surface area contributed by atoms with Gasteiger partial charge >= 0.3 is 5.97 Å². The van der Waals surface area contributed by atoms with Crippen LogP contribution in [0.3, 0.4) is 0 Å². The Morgan fingerprint density at radius 1 is 1.27 bits per heavy atom. The molecular weight excluding hydrogens is 361 g/mol. The molecule has 1 amide bonds. The molecule has 0 spiro atoms. The monoisotopic (exact) mass is 379 g/mol. The lowest BCUT2D eigenvalue weighted by molar-refractivity contribution is -0.147. The summed E-state index contributed by atoms with van der Waals surface area (Å²) in [5.74, 6) is -2.84. The van der Waals surface area contributed by atoms with Gasteiger partial charge < -0.3 is 10.4 Å². The fourth-order valence-corrected chi connectivity index (χ4v) is 3.51. The van der Waals surface area contributed by atoms with Gasteiger partial charge in [0, 0.05) is 11.8 Å². The molecule has 2 aromatic rings. The number of nitrogens with one attached hydrogen (secondary N) is 1. The minimum atomic E-state index is -0.957. The molecule has 1 fully saturated rings.